The number of amides is 2. The molecule has 2 aromatic rings. The molecule has 5 heteroatoms. The summed E-state index contributed by atoms with van der Waals surface area (Å²) in [6, 6.07) is 15.6. The van der Waals surface area contributed by atoms with Crippen LogP contribution in [0.3, 0.4) is 0 Å². The summed E-state index contributed by atoms with van der Waals surface area (Å²) >= 11 is 0. The number of carbonyl (C=O) groups is 2. The highest BCUT2D eigenvalue weighted by atomic mass is 16.2. The van der Waals surface area contributed by atoms with Gasteiger partial charge in [0.05, 0.1) is 0 Å². The number of likely N-dealkylation sites (tertiary alicyclic amines) is 1. The van der Waals surface area contributed by atoms with Crippen LogP contribution in [-0.2, 0) is 17.9 Å². The molecule has 0 spiro atoms. The topological polar surface area (TPSA) is 61.4 Å². The van der Waals surface area contributed by atoms with Crippen molar-refractivity contribution in [2.24, 2.45) is 0 Å². The van der Waals surface area contributed by atoms with Crippen LogP contribution in [0.2, 0.25) is 0 Å². The molecule has 0 atom stereocenters. The second-order valence-electron chi connectivity index (χ2n) is 7.41. The lowest BCUT2D eigenvalue weighted by atomic mass is 10.1. The number of piperidine rings is 1. The van der Waals surface area contributed by atoms with Crippen LogP contribution in [0.4, 0.5) is 0 Å². The largest absolute Gasteiger partial charge is 0.355 e. The van der Waals surface area contributed by atoms with E-state index in [1.54, 1.807) is 25.3 Å². The van der Waals surface area contributed by atoms with Crippen LogP contribution in [0.15, 0.2) is 54.6 Å². The minimum Gasteiger partial charge on any atom is -0.355 e. The number of nitrogens with zero attached hydrogens (tertiary/aromatic N) is 1. The monoisotopic (exact) mass is 391 g/mol. The van der Waals surface area contributed by atoms with Crippen LogP contribution in [-0.4, -0.2) is 36.9 Å². The van der Waals surface area contributed by atoms with Crippen molar-refractivity contribution in [3.63, 3.8) is 0 Å². The fraction of sp³-hybridized carbons (Fsp3) is 0.333. The average Bonchev–Trinajstić information content (AvgIpc) is 2.77. The van der Waals surface area contributed by atoms with Gasteiger partial charge in [0.25, 0.3) is 5.91 Å². The second kappa shape index (κ2) is 10.6. The maximum absolute atomic E-state index is 12.1. The Balaban J connectivity index is 1.45. The zero-order valence-electron chi connectivity index (χ0n) is 17.0. The van der Waals surface area contributed by atoms with Gasteiger partial charge in [-0.25, -0.2) is 0 Å². The Morgan fingerprint density at radius 2 is 1.59 bits per heavy atom. The van der Waals surface area contributed by atoms with Gasteiger partial charge < -0.3 is 10.6 Å². The summed E-state index contributed by atoms with van der Waals surface area (Å²) < 4.78 is 0. The highest BCUT2D eigenvalue weighted by Gasteiger charge is 2.10. The van der Waals surface area contributed by atoms with E-state index >= 15 is 0 Å². The lowest BCUT2D eigenvalue weighted by Gasteiger charge is -2.26. The Morgan fingerprint density at radius 1 is 0.931 bits per heavy atom. The molecule has 0 aromatic heterocycles. The Labute approximate surface area is 172 Å². The van der Waals surface area contributed by atoms with Crippen LogP contribution < -0.4 is 10.6 Å². The summed E-state index contributed by atoms with van der Waals surface area (Å²) in [4.78, 5) is 26.1. The first-order chi connectivity index (χ1) is 14.1. The minimum absolute atomic E-state index is 0.125. The van der Waals surface area contributed by atoms with Crippen molar-refractivity contribution in [3.8, 4) is 0 Å². The van der Waals surface area contributed by atoms with E-state index in [1.807, 2.05) is 12.1 Å². The molecule has 3 rings (SSSR count). The molecule has 1 heterocycles. The van der Waals surface area contributed by atoms with Crippen molar-refractivity contribution in [2.45, 2.75) is 32.4 Å². The Kier molecular flexibility index (Phi) is 7.59. The molecule has 0 radical (unpaired) electrons. The van der Waals surface area contributed by atoms with Crippen molar-refractivity contribution < 1.29 is 9.59 Å². The molecule has 2 aromatic carbocycles. The predicted octanol–water partition coefficient (Wildman–Crippen LogP) is 3.36. The number of hydrogen-bond donors (Lipinski definition) is 2. The molecule has 1 aliphatic heterocycles. The quantitative estimate of drug-likeness (QED) is 0.712. The third-order valence-corrected chi connectivity index (χ3v) is 5.17. The molecule has 2 amide bonds. The summed E-state index contributed by atoms with van der Waals surface area (Å²) in [6.45, 7) is 3.90. The molecular weight excluding hydrogens is 362 g/mol. The van der Waals surface area contributed by atoms with E-state index in [9.17, 15) is 9.59 Å². The number of nitrogens with one attached hydrogen (secondary N) is 2. The van der Waals surface area contributed by atoms with E-state index < -0.39 is 0 Å². The Morgan fingerprint density at radius 3 is 2.24 bits per heavy atom. The number of hydrogen-bond acceptors (Lipinski definition) is 3. The minimum atomic E-state index is -0.141. The number of benzene rings is 2. The van der Waals surface area contributed by atoms with Gasteiger partial charge in [0.1, 0.15) is 0 Å². The van der Waals surface area contributed by atoms with E-state index in [0.717, 1.165) is 17.7 Å². The summed E-state index contributed by atoms with van der Waals surface area (Å²) in [5.41, 5.74) is 3.87. The molecular formula is C24H29N3O2. The second-order valence-corrected chi connectivity index (χ2v) is 7.41. The van der Waals surface area contributed by atoms with E-state index in [0.29, 0.717) is 12.1 Å². The third-order valence-electron chi connectivity index (χ3n) is 5.17. The normalized spacial score (nSPS) is 14.7. The molecule has 0 unspecified atom stereocenters. The van der Waals surface area contributed by atoms with E-state index in [-0.39, 0.29) is 11.8 Å². The first-order valence-electron chi connectivity index (χ1n) is 10.2. The predicted molar refractivity (Wildman–Crippen MR) is 116 cm³/mol. The van der Waals surface area contributed by atoms with E-state index in [2.05, 4.69) is 39.8 Å². The first kappa shape index (κ1) is 20.8. The first-order valence-corrected chi connectivity index (χ1v) is 10.2. The maximum Gasteiger partial charge on any atom is 0.251 e. The van der Waals surface area contributed by atoms with Crippen LogP contribution in [0.5, 0.6) is 0 Å². The van der Waals surface area contributed by atoms with Crippen LogP contribution >= 0.6 is 0 Å². The van der Waals surface area contributed by atoms with Gasteiger partial charge in [0, 0.05) is 31.8 Å². The molecule has 1 fully saturated rings. The van der Waals surface area contributed by atoms with Crippen molar-refractivity contribution in [1.29, 1.82) is 0 Å². The SMILES string of the molecule is CNC(=O)c1ccc(/C=C/C(=O)NCc2ccc(CN3CCCCC3)cc2)cc1. The summed E-state index contributed by atoms with van der Waals surface area (Å²) in [5, 5.41) is 5.49. The molecule has 0 bridgehead atoms. The smallest absolute Gasteiger partial charge is 0.251 e. The summed E-state index contributed by atoms with van der Waals surface area (Å²) in [5.74, 6) is -0.266. The zero-order chi connectivity index (χ0) is 20.5. The lowest BCUT2D eigenvalue weighted by molar-refractivity contribution is -0.116. The highest BCUT2D eigenvalue weighted by Crippen LogP contribution is 2.13. The lowest BCUT2D eigenvalue weighted by Crippen LogP contribution is -2.29. The van der Waals surface area contributed by atoms with Gasteiger partial charge in [-0.05, 0) is 60.8 Å². The maximum atomic E-state index is 12.1. The van der Waals surface area contributed by atoms with Crippen LogP contribution in [0, 0.1) is 0 Å². The van der Waals surface area contributed by atoms with E-state index in [1.165, 1.54) is 44.0 Å². The highest BCUT2D eigenvalue weighted by molar-refractivity contribution is 5.94. The van der Waals surface area contributed by atoms with Gasteiger partial charge in [-0.15, -0.1) is 0 Å². The number of rotatable bonds is 7. The van der Waals surface area contributed by atoms with Gasteiger partial charge in [-0.3, -0.25) is 14.5 Å². The van der Waals surface area contributed by atoms with E-state index in [4.69, 9.17) is 0 Å². The van der Waals surface area contributed by atoms with Crippen molar-refractivity contribution in [2.75, 3.05) is 20.1 Å². The Bertz CT molecular complexity index is 835. The molecule has 0 aliphatic carbocycles. The molecule has 152 valence electrons. The number of carbonyl (C=O) groups excluding carboxylic acids is 2. The van der Waals surface area contributed by atoms with Crippen LogP contribution in [0.25, 0.3) is 6.08 Å². The molecule has 0 saturated carbocycles. The average molecular weight is 392 g/mol. The van der Waals surface area contributed by atoms with Crippen molar-refractivity contribution in [1.82, 2.24) is 15.5 Å². The fourth-order valence-corrected chi connectivity index (χ4v) is 3.45. The van der Waals surface area contributed by atoms with Gasteiger partial charge in [-0.2, -0.15) is 0 Å². The summed E-state index contributed by atoms with van der Waals surface area (Å²) in [7, 11) is 1.60. The third kappa shape index (κ3) is 6.57. The van der Waals surface area contributed by atoms with Crippen molar-refractivity contribution in [3.05, 3.63) is 76.9 Å². The summed E-state index contributed by atoms with van der Waals surface area (Å²) in [6.07, 6.45) is 7.21. The molecule has 1 saturated heterocycles. The molecule has 29 heavy (non-hydrogen) atoms. The molecule has 1 aliphatic rings. The Hall–Kier alpha value is -2.92. The standard InChI is InChI=1S/C24H29N3O2/c1-25-24(29)22-12-9-19(10-13-22)11-14-23(28)26-17-20-5-7-21(8-6-20)18-27-15-3-2-4-16-27/h5-14H,2-4,15-18H2,1H3,(H,25,29)(H,26,28)/b14-11+. The van der Waals surface area contributed by atoms with Gasteiger partial charge in [-0.1, -0.05) is 42.8 Å². The molecule has 2 N–H and O–H groups in total. The van der Waals surface area contributed by atoms with Gasteiger partial charge >= 0.3 is 0 Å². The van der Waals surface area contributed by atoms with Crippen LogP contribution in [0.1, 0.15) is 46.3 Å². The van der Waals surface area contributed by atoms with Gasteiger partial charge in [0.15, 0.2) is 0 Å². The fourth-order valence-electron chi connectivity index (χ4n) is 3.45. The van der Waals surface area contributed by atoms with Gasteiger partial charge in [0.2, 0.25) is 5.91 Å². The molecule has 5 nitrogen and oxygen atoms in total. The van der Waals surface area contributed by atoms with Crippen molar-refractivity contribution >= 4 is 17.9 Å². The zero-order valence-corrected chi connectivity index (χ0v) is 17.0.